The van der Waals surface area contributed by atoms with Gasteiger partial charge in [0.15, 0.2) is 11.5 Å². The largest absolute Gasteiger partial charge is 0.507 e. The van der Waals surface area contributed by atoms with Crippen molar-refractivity contribution in [1.29, 1.82) is 0 Å². The van der Waals surface area contributed by atoms with Crippen LogP contribution in [0.1, 0.15) is 41.0 Å². The van der Waals surface area contributed by atoms with Gasteiger partial charge in [-0.3, -0.25) is 9.89 Å². The second-order valence-electron chi connectivity index (χ2n) is 7.74. The number of aromatic amines is 1. The fourth-order valence-corrected chi connectivity index (χ4v) is 4.32. The quantitative estimate of drug-likeness (QED) is 0.370. The molecule has 9 heteroatoms. The molecule has 0 spiro atoms. The van der Waals surface area contributed by atoms with Crippen molar-refractivity contribution in [2.45, 2.75) is 19.4 Å². The molecule has 1 aromatic heterocycles. The molecule has 0 aliphatic carbocycles. The predicted octanol–water partition coefficient (Wildman–Crippen LogP) is 4.33. The van der Waals surface area contributed by atoms with Crippen LogP contribution < -0.4 is 9.47 Å². The number of fused-ring (bicyclic) bond motifs is 1. The van der Waals surface area contributed by atoms with Crippen LogP contribution in [-0.2, 0) is 0 Å². The predicted molar refractivity (Wildman–Crippen MR) is 129 cm³/mol. The van der Waals surface area contributed by atoms with Gasteiger partial charge < -0.3 is 24.6 Å². The van der Waals surface area contributed by atoms with Gasteiger partial charge in [0.05, 0.1) is 12.6 Å². The number of aliphatic hydroxyl groups is 1. The Morgan fingerprint density at radius 1 is 1.24 bits per heavy atom. The second kappa shape index (κ2) is 10.2. The molecule has 0 bridgehead atoms. The van der Waals surface area contributed by atoms with E-state index >= 15 is 0 Å². The highest BCUT2D eigenvalue weighted by Gasteiger charge is 2.42. The number of nitrogens with one attached hydrogen (secondary N) is 1. The first-order valence-corrected chi connectivity index (χ1v) is 11.4. The molecule has 0 radical (unpaired) electrons. The smallest absolute Gasteiger partial charge is 0.273 e. The van der Waals surface area contributed by atoms with Crippen molar-refractivity contribution in [1.82, 2.24) is 15.1 Å². The number of rotatable bonds is 10. The Labute approximate surface area is 202 Å². The number of phenols is 1. The molecular weight excluding hydrogens is 458 g/mol. The van der Waals surface area contributed by atoms with Crippen molar-refractivity contribution in [2.75, 3.05) is 26.4 Å². The molecule has 4 rings (SSSR count). The summed E-state index contributed by atoms with van der Waals surface area (Å²) in [6, 6.07) is 9.68. The number of aromatic hydroxyl groups is 1. The molecule has 2 aromatic carbocycles. The fourth-order valence-electron chi connectivity index (χ4n) is 4.15. The summed E-state index contributed by atoms with van der Waals surface area (Å²) in [7, 11) is 0. The first-order chi connectivity index (χ1) is 16.5. The standard InChI is InChI=1S/C25H26ClN3O5/c1-3-12-34-19-9-6-15(13-20(19)33-4-2)24-21-22(17-14-16(26)7-8-18(17)31)27-28-23(21)25(32)29(24)10-5-11-30/h3,6-9,13-14,24,30-31H,1,4-5,10-12H2,2H3,(H,27,28). The average molecular weight is 484 g/mol. The number of H-pyrrole nitrogens is 1. The number of aliphatic hydroxyl groups excluding tert-OH is 1. The van der Waals surface area contributed by atoms with Gasteiger partial charge in [-0.2, -0.15) is 5.10 Å². The van der Waals surface area contributed by atoms with E-state index in [1.54, 1.807) is 29.2 Å². The number of halogens is 1. The first kappa shape index (κ1) is 23.7. The third-order valence-corrected chi connectivity index (χ3v) is 5.81. The molecule has 2 heterocycles. The van der Waals surface area contributed by atoms with E-state index < -0.39 is 6.04 Å². The van der Waals surface area contributed by atoms with Gasteiger partial charge in [-0.05, 0) is 49.2 Å². The van der Waals surface area contributed by atoms with E-state index in [0.717, 1.165) is 5.56 Å². The lowest BCUT2D eigenvalue weighted by Crippen LogP contribution is -2.31. The lowest BCUT2D eigenvalue weighted by molar-refractivity contribution is 0.0732. The number of aromatic nitrogens is 2. The van der Waals surface area contributed by atoms with E-state index in [1.807, 2.05) is 19.1 Å². The highest BCUT2D eigenvalue weighted by atomic mass is 35.5. The molecule has 1 aliphatic rings. The molecule has 8 nitrogen and oxygen atoms in total. The lowest BCUT2D eigenvalue weighted by Gasteiger charge is -2.27. The number of benzene rings is 2. The van der Waals surface area contributed by atoms with Gasteiger partial charge >= 0.3 is 0 Å². The summed E-state index contributed by atoms with van der Waals surface area (Å²) < 4.78 is 11.5. The maximum atomic E-state index is 13.3. The van der Waals surface area contributed by atoms with Gasteiger partial charge in [-0.1, -0.05) is 30.3 Å². The third kappa shape index (κ3) is 4.34. The maximum Gasteiger partial charge on any atom is 0.273 e. The number of hydrogen-bond acceptors (Lipinski definition) is 6. The van der Waals surface area contributed by atoms with Crippen LogP contribution >= 0.6 is 11.6 Å². The monoisotopic (exact) mass is 483 g/mol. The zero-order chi connectivity index (χ0) is 24.2. The van der Waals surface area contributed by atoms with Gasteiger partial charge in [0.1, 0.15) is 23.7 Å². The zero-order valence-electron chi connectivity index (χ0n) is 18.8. The van der Waals surface area contributed by atoms with E-state index in [0.29, 0.717) is 65.2 Å². The Morgan fingerprint density at radius 3 is 2.79 bits per heavy atom. The highest BCUT2D eigenvalue weighted by Crippen LogP contribution is 2.46. The summed E-state index contributed by atoms with van der Waals surface area (Å²) >= 11 is 6.19. The lowest BCUT2D eigenvalue weighted by atomic mass is 9.95. The Hall–Kier alpha value is -3.49. The van der Waals surface area contributed by atoms with Crippen LogP contribution in [0, 0.1) is 0 Å². The minimum Gasteiger partial charge on any atom is -0.507 e. The zero-order valence-corrected chi connectivity index (χ0v) is 19.5. The minimum atomic E-state index is -0.520. The van der Waals surface area contributed by atoms with Gasteiger partial charge in [0.25, 0.3) is 5.91 Å². The maximum absolute atomic E-state index is 13.3. The van der Waals surface area contributed by atoms with E-state index in [9.17, 15) is 15.0 Å². The Bertz CT molecular complexity index is 1210. The summed E-state index contributed by atoms with van der Waals surface area (Å²) in [6.07, 6.45) is 2.06. The van der Waals surface area contributed by atoms with Crippen molar-refractivity contribution in [2.24, 2.45) is 0 Å². The molecular formula is C25H26ClN3O5. The van der Waals surface area contributed by atoms with Crippen molar-refractivity contribution in [3.63, 3.8) is 0 Å². The fraction of sp³-hybridized carbons (Fsp3) is 0.280. The molecule has 3 N–H and O–H groups in total. The number of carbonyl (C=O) groups excluding carboxylic acids is 1. The van der Waals surface area contributed by atoms with Crippen LogP contribution in [0.4, 0.5) is 0 Å². The summed E-state index contributed by atoms with van der Waals surface area (Å²) in [5, 5.41) is 27.6. The highest BCUT2D eigenvalue weighted by molar-refractivity contribution is 6.31. The minimum absolute atomic E-state index is 0.00175. The van der Waals surface area contributed by atoms with E-state index in [4.69, 9.17) is 21.1 Å². The van der Waals surface area contributed by atoms with Crippen LogP contribution in [0.3, 0.4) is 0 Å². The molecule has 1 atom stereocenters. The van der Waals surface area contributed by atoms with Crippen molar-refractivity contribution >= 4 is 17.5 Å². The Balaban J connectivity index is 1.86. The number of nitrogens with zero attached hydrogens (tertiary/aromatic N) is 2. The molecule has 0 saturated carbocycles. The Morgan fingerprint density at radius 2 is 2.06 bits per heavy atom. The van der Waals surface area contributed by atoms with E-state index in [1.165, 1.54) is 6.07 Å². The summed E-state index contributed by atoms with van der Waals surface area (Å²) in [5.74, 6) is 0.873. The SMILES string of the molecule is C=CCOc1ccc(C2c3c(-c4cc(Cl)ccc4O)n[nH]c3C(=O)N2CCCO)cc1OCC. The number of amides is 1. The number of ether oxygens (including phenoxy) is 2. The van der Waals surface area contributed by atoms with E-state index in [-0.39, 0.29) is 18.3 Å². The summed E-state index contributed by atoms with van der Waals surface area (Å²) in [5.41, 5.74) is 2.60. The normalized spacial score (nSPS) is 14.9. The van der Waals surface area contributed by atoms with E-state index in [2.05, 4.69) is 16.8 Å². The van der Waals surface area contributed by atoms with Crippen molar-refractivity contribution < 1.29 is 24.5 Å². The molecule has 1 unspecified atom stereocenters. The molecule has 0 fully saturated rings. The molecule has 3 aromatic rings. The van der Waals surface area contributed by atoms with Gasteiger partial charge in [-0.15, -0.1) is 0 Å². The van der Waals surface area contributed by atoms with Gasteiger partial charge in [0, 0.05) is 29.3 Å². The van der Waals surface area contributed by atoms with Gasteiger partial charge in [0.2, 0.25) is 0 Å². The molecule has 1 aliphatic heterocycles. The average Bonchev–Trinajstić information content (AvgIpc) is 3.37. The van der Waals surface area contributed by atoms with Crippen LogP contribution in [-0.4, -0.2) is 57.6 Å². The third-order valence-electron chi connectivity index (χ3n) is 5.57. The van der Waals surface area contributed by atoms with Crippen LogP contribution in [0.5, 0.6) is 17.2 Å². The summed E-state index contributed by atoms with van der Waals surface area (Å²) in [6.45, 7) is 6.60. The number of hydrogen-bond donors (Lipinski definition) is 3. The Kier molecular flexibility index (Phi) is 7.09. The second-order valence-corrected chi connectivity index (χ2v) is 8.18. The molecule has 178 valence electrons. The van der Waals surface area contributed by atoms with Crippen molar-refractivity contribution in [3.05, 3.63) is 70.9 Å². The van der Waals surface area contributed by atoms with Crippen LogP contribution in [0.2, 0.25) is 5.02 Å². The summed E-state index contributed by atoms with van der Waals surface area (Å²) in [4.78, 5) is 15.0. The molecule has 34 heavy (non-hydrogen) atoms. The first-order valence-electron chi connectivity index (χ1n) is 11.0. The number of phenolic OH excluding ortho intramolecular Hbond substituents is 1. The van der Waals surface area contributed by atoms with Crippen molar-refractivity contribution in [3.8, 4) is 28.5 Å². The van der Waals surface area contributed by atoms with Gasteiger partial charge in [-0.25, -0.2) is 0 Å². The van der Waals surface area contributed by atoms with Crippen LogP contribution in [0.15, 0.2) is 49.1 Å². The molecule has 1 amide bonds. The molecule has 0 saturated heterocycles. The van der Waals surface area contributed by atoms with Crippen LogP contribution in [0.25, 0.3) is 11.3 Å². The topological polar surface area (TPSA) is 108 Å². The number of carbonyl (C=O) groups is 1.